The lowest BCUT2D eigenvalue weighted by Gasteiger charge is -2.26. The zero-order chi connectivity index (χ0) is 32.0. The first-order chi connectivity index (χ1) is 21.6. The van der Waals surface area contributed by atoms with Crippen LogP contribution in [0.4, 0.5) is 23.0 Å². The molecule has 5 rings (SSSR count). The predicted octanol–water partition coefficient (Wildman–Crippen LogP) is 4.21. The Bertz CT molecular complexity index is 1740. The Hall–Kier alpha value is -5.32. The number of benzene rings is 2. The Labute approximate surface area is 260 Å². The Morgan fingerprint density at radius 1 is 1.09 bits per heavy atom. The van der Waals surface area contributed by atoms with Gasteiger partial charge in [-0.2, -0.15) is 15.0 Å². The van der Waals surface area contributed by atoms with E-state index in [0.717, 1.165) is 44.0 Å². The topological polar surface area (TPSA) is 170 Å². The minimum absolute atomic E-state index is 0.166. The van der Waals surface area contributed by atoms with Gasteiger partial charge >= 0.3 is 5.97 Å². The van der Waals surface area contributed by atoms with Crippen molar-refractivity contribution in [1.29, 1.82) is 5.26 Å². The van der Waals surface area contributed by atoms with Crippen molar-refractivity contribution in [2.45, 2.75) is 26.2 Å². The van der Waals surface area contributed by atoms with E-state index in [-0.39, 0.29) is 11.6 Å². The van der Waals surface area contributed by atoms with Gasteiger partial charge in [-0.05, 0) is 56.2 Å². The standard InChI is InChI=1S/C32H35N9O4/c1-21-7-8-24(37-30(42)22-5-4-6-23(15-22)32(2,3)19-33)16-25(21)38-29-17-26(31(43)44)39-41(29)28-18-27(35-20-36-28)34-9-10-40-11-13-45-14-12-40/h4-8,15-18,20,38H,9-14H2,1-3H3,(H,37,42)(H,43,44)(H,34,35,36). The van der Waals surface area contributed by atoms with Gasteiger partial charge in [0.25, 0.3) is 5.91 Å². The largest absolute Gasteiger partial charge is 0.476 e. The van der Waals surface area contributed by atoms with E-state index in [0.29, 0.717) is 40.9 Å². The van der Waals surface area contributed by atoms with E-state index >= 15 is 0 Å². The van der Waals surface area contributed by atoms with Gasteiger partial charge in [-0.25, -0.2) is 14.8 Å². The molecule has 3 heterocycles. The number of nitriles is 1. The van der Waals surface area contributed by atoms with E-state index in [2.05, 4.69) is 42.0 Å². The summed E-state index contributed by atoms with van der Waals surface area (Å²) in [4.78, 5) is 35.9. The first-order valence-corrected chi connectivity index (χ1v) is 14.5. The average molecular weight is 610 g/mol. The lowest BCUT2D eigenvalue weighted by molar-refractivity contribution is 0.0398. The van der Waals surface area contributed by atoms with Crippen molar-refractivity contribution >= 4 is 34.9 Å². The number of carbonyl (C=O) groups is 2. The van der Waals surface area contributed by atoms with Gasteiger partial charge in [0.15, 0.2) is 11.5 Å². The molecule has 2 aromatic heterocycles. The highest BCUT2D eigenvalue weighted by Gasteiger charge is 2.21. The number of carbonyl (C=O) groups excluding carboxylic acids is 1. The first kappa shape index (κ1) is 31.1. The molecule has 1 aliphatic rings. The van der Waals surface area contributed by atoms with Crippen LogP contribution >= 0.6 is 0 Å². The molecule has 1 amide bonds. The van der Waals surface area contributed by atoms with Gasteiger partial charge < -0.3 is 25.8 Å². The highest BCUT2D eigenvalue weighted by molar-refractivity contribution is 6.04. The number of hydrogen-bond donors (Lipinski definition) is 4. The fourth-order valence-corrected chi connectivity index (χ4v) is 4.77. The van der Waals surface area contributed by atoms with Crippen LogP contribution in [0, 0.1) is 18.3 Å². The van der Waals surface area contributed by atoms with Crippen LogP contribution in [0.25, 0.3) is 5.82 Å². The number of nitrogens with zero attached hydrogens (tertiary/aromatic N) is 6. The summed E-state index contributed by atoms with van der Waals surface area (Å²) >= 11 is 0. The number of aryl methyl sites for hydroxylation is 1. The molecule has 1 aliphatic heterocycles. The van der Waals surface area contributed by atoms with E-state index in [1.807, 2.05) is 19.1 Å². The fraction of sp³-hybridized carbons (Fsp3) is 0.312. The van der Waals surface area contributed by atoms with Crippen LogP contribution < -0.4 is 16.0 Å². The Morgan fingerprint density at radius 2 is 1.89 bits per heavy atom. The molecule has 1 saturated heterocycles. The maximum Gasteiger partial charge on any atom is 0.356 e. The van der Waals surface area contributed by atoms with Gasteiger partial charge in [-0.3, -0.25) is 9.69 Å². The molecule has 13 heteroatoms. The van der Waals surface area contributed by atoms with Gasteiger partial charge in [-0.15, -0.1) is 0 Å². The third-order valence-electron chi connectivity index (χ3n) is 7.52. The van der Waals surface area contributed by atoms with Gasteiger partial charge in [0.1, 0.15) is 18.0 Å². The van der Waals surface area contributed by atoms with Crippen LogP contribution in [-0.2, 0) is 10.2 Å². The molecule has 232 valence electrons. The normalized spacial score (nSPS) is 13.6. The molecule has 0 saturated carbocycles. The first-order valence-electron chi connectivity index (χ1n) is 14.5. The zero-order valence-corrected chi connectivity index (χ0v) is 25.4. The molecule has 0 aliphatic carbocycles. The predicted molar refractivity (Wildman–Crippen MR) is 169 cm³/mol. The molecule has 1 fully saturated rings. The van der Waals surface area contributed by atoms with Gasteiger partial charge in [0.2, 0.25) is 0 Å². The van der Waals surface area contributed by atoms with Crippen LogP contribution in [-0.4, -0.2) is 81.0 Å². The molecule has 0 unspecified atom stereocenters. The molecule has 4 N–H and O–H groups in total. The van der Waals surface area contributed by atoms with Crippen LogP contribution in [0.1, 0.15) is 45.8 Å². The molecule has 0 bridgehead atoms. The minimum Gasteiger partial charge on any atom is -0.476 e. The van der Waals surface area contributed by atoms with Crippen molar-refractivity contribution in [1.82, 2.24) is 24.6 Å². The van der Waals surface area contributed by atoms with Crippen LogP contribution in [0.15, 0.2) is 60.9 Å². The zero-order valence-electron chi connectivity index (χ0n) is 25.4. The maximum absolute atomic E-state index is 13.1. The summed E-state index contributed by atoms with van der Waals surface area (Å²) in [6, 6.07) is 17.7. The van der Waals surface area contributed by atoms with E-state index in [1.165, 1.54) is 17.1 Å². The number of carboxylic acid groups (broad SMARTS) is 1. The highest BCUT2D eigenvalue weighted by atomic mass is 16.5. The van der Waals surface area contributed by atoms with E-state index in [9.17, 15) is 20.0 Å². The maximum atomic E-state index is 13.1. The molecule has 0 atom stereocenters. The quantitative estimate of drug-likeness (QED) is 0.192. The number of morpholine rings is 1. The third-order valence-corrected chi connectivity index (χ3v) is 7.52. The van der Waals surface area contributed by atoms with Crippen LogP contribution in [0.5, 0.6) is 0 Å². The molecule has 0 radical (unpaired) electrons. The van der Waals surface area contributed by atoms with Crippen molar-refractivity contribution in [3.05, 3.63) is 83.3 Å². The highest BCUT2D eigenvalue weighted by Crippen LogP contribution is 2.28. The molecule has 0 spiro atoms. The second kappa shape index (κ2) is 13.5. The number of aromatic carboxylic acids is 1. The van der Waals surface area contributed by atoms with Crippen molar-refractivity contribution < 1.29 is 19.4 Å². The Kier molecular flexibility index (Phi) is 9.36. The third kappa shape index (κ3) is 7.61. The summed E-state index contributed by atoms with van der Waals surface area (Å²) in [6.45, 7) is 10.2. The molecule has 2 aromatic carbocycles. The minimum atomic E-state index is -1.19. The second-order valence-electron chi connectivity index (χ2n) is 11.2. The SMILES string of the molecule is Cc1ccc(NC(=O)c2cccc(C(C)(C)C#N)c2)cc1Nc1cc(C(=O)O)nn1-c1cc(NCCN2CCOCC2)ncn1. The van der Waals surface area contributed by atoms with Crippen LogP contribution in [0.2, 0.25) is 0 Å². The lowest BCUT2D eigenvalue weighted by atomic mass is 9.85. The molecular formula is C32H35N9O4. The van der Waals surface area contributed by atoms with Crippen LogP contribution in [0.3, 0.4) is 0 Å². The number of aromatic nitrogens is 4. The second-order valence-corrected chi connectivity index (χ2v) is 11.2. The van der Waals surface area contributed by atoms with Crippen molar-refractivity contribution in [2.75, 3.05) is 55.3 Å². The number of ether oxygens (including phenoxy) is 1. The number of amides is 1. The molecular weight excluding hydrogens is 574 g/mol. The van der Waals surface area contributed by atoms with E-state index in [1.54, 1.807) is 50.2 Å². The summed E-state index contributed by atoms with van der Waals surface area (Å²) in [6.07, 6.45) is 1.40. The van der Waals surface area contributed by atoms with Crippen molar-refractivity contribution in [3.8, 4) is 11.9 Å². The number of hydrogen-bond acceptors (Lipinski definition) is 10. The molecule has 4 aromatic rings. The number of rotatable bonds is 11. The summed E-state index contributed by atoms with van der Waals surface area (Å²) in [5, 5.41) is 32.9. The number of nitrogens with one attached hydrogen (secondary N) is 3. The summed E-state index contributed by atoms with van der Waals surface area (Å²) in [5.74, 6) is -0.197. The van der Waals surface area contributed by atoms with Gasteiger partial charge in [0.05, 0.1) is 24.7 Å². The van der Waals surface area contributed by atoms with Gasteiger partial charge in [-0.1, -0.05) is 18.2 Å². The number of carboxylic acids is 1. The van der Waals surface area contributed by atoms with E-state index in [4.69, 9.17) is 4.74 Å². The van der Waals surface area contributed by atoms with Crippen molar-refractivity contribution in [3.63, 3.8) is 0 Å². The summed E-state index contributed by atoms with van der Waals surface area (Å²) in [7, 11) is 0. The van der Waals surface area contributed by atoms with E-state index < -0.39 is 11.4 Å². The Balaban J connectivity index is 1.35. The smallest absolute Gasteiger partial charge is 0.356 e. The monoisotopic (exact) mass is 609 g/mol. The fourth-order valence-electron chi connectivity index (χ4n) is 4.77. The Morgan fingerprint density at radius 3 is 2.64 bits per heavy atom. The molecule has 45 heavy (non-hydrogen) atoms. The summed E-state index contributed by atoms with van der Waals surface area (Å²) < 4.78 is 6.81. The van der Waals surface area contributed by atoms with Gasteiger partial charge in [0, 0.05) is 55.2 Å². The number of anilines is 4. The van der Waals surface area contributed by atoms with Crippen molar-refractivity contribution in [2.24, 2.45) is 0 Å². The average Bonchev–Trinajstić information content (AvgIpc) is 3.47. The molecule has 13 nitrogen and oxygen atoms in total. The lowest BCUT2D eigenvalue weighted by Crippen LogP contribution is -2.39. The summed E-state index contributed by atoms with van der Waals surface area (Å²) in [5.41, 5.74) is 2.27.